The molecule has 0 rings (SSSR count). The van der Waals surface area contributed by atoms with Crippen molar-refractivity contribution in [3.8, 4) is 0 Å². The van der Waals surface area contributed by atoms with Crippen molar-refractivity contribution in [1.29, 1.82) is 0 Å². The molecule has 0 heterocycles. The minimum Gasteiger partial charge on any atom is -0.381 e. The second-order valence-electron chi connectivity index (χ2n) is 5.85. The maximum absolute atomic E-state index is 5.69. The largest absolute Gasteiger partial charge is 0.381 e. The minimum absolute atomic E-state index is 0.281. The summed E-state index contributed by atoms with van der Waals surface area (Å²) in [6.45, 7) is 9.31. The maximum Gasteiger partial charge on any atom is 0.0466 e. The van der Waals surface area contributed by atoms with Gasteiger partial charge in [0.1, 0.15) is 0 Å². The Hall–Kier alpha value is -0.0800. The van der Waals surface area contributed by atoms with Gasteiger partial charge in [-0.15, -0.1) is 0 Å². The Kier molecular flexibility index (Phi) is 11.0. The molecule has 2 nitrogen and oxygen atoms in total. The zero-order valence-corrected chi connectivity index (χ0v) is 12.3. The van der Waals surface area contributed by atoms with Crippen molar-refractivity contribution >= 4 is 0 Å². The standard InChI is InChI=1S/C15H33NO/c1-4-5-6-7-8-9-12-17-13-10-11-15(2,3)14-16/h4-14,16H2,1-3H3. The van der Waals surface area contributed by atoms with Crippen molar-refractivity contribution in [1.82, 2.24) is 0 Å². The average Bonchev–Trinajstić information content (AvgIpc) is 2.31. The summed E-state index contributed by atoms with van der Waals surface area (Å²) in [6, 6.07) is 0. The fraction of sp³-hybridized carbons (Fsp3) is 1.00. The summed E-state index contributed by atoms with van der Waals surface area (Å²) in [5, 5.41) is 0. The number of rotatable bonds is 12. The van der Waals surface area contributed by atoms with Crippen LogP contribution in [0.25, 0.3) is 0 Å². The normalized spacial score (nSPS) is 12.0. The number of unbranched alkanes of at least 4 members (excludes halogenated alkanes) is 5. The molecule has 17 heavy (non-hydrogen) atoms. The van der Waals surface area contributed by atoms with E-state index in [0.717, 1.165) is 26.2 Å². The smallest absolute Gasteiger partial charge is 0.0466 e. The number of hydrogen-bond donors (Lipinski definition) is 1. The Morgan fingerprint density at radius 3 is 2.12 bits per heavy atom. The van der Waals surface area contributed by atoms with Gasteiger partial charge in [-0.05, 0) is 31.2 Å². The first-order chi connectivity index (χ1) is 8.12. The zero-order chi connectivity index (χ0) is 13.0. The molecule has 0 aromatic heterocycles. The van der Waals surface area contributed by atoms with E-state index >= 15 is 0 Å². The van der Waals surface area contributed by atoms with E-state index in [-0.39, 0.29) is 5.41 Å². The third-order valence-corrected chi connectivity index (χ3v) is 3.34. The van der Waals surface area contributed by atoms with Crippen molar-refractivity contribution in [2.75, 3.05) is 19.8 Å². The van der Waals surface area contributed by atoms with Crippen LogP contribution in [-0.4, -0.2) is 19.8 Å². The Labute approximate surface area is 108 Å². The van der Waals surface area contributed by atoms with E-state index in [1.54, 1.807) is 0 Å². The highest BCUT2D eigenvalue weighted by Crippen LogP contribution is 2.19. The van der Waals surface area contributed by atoms with E-state index < -0.39 is 0 Å². The Morgan fingerprint density at radius 2 is 1.47 bits per heavy atom. The van der Waals surface area contributed by atoms with Crippen LogP contribution in [0.3, 0.4) is 0 Å². The molecule has 0 aliphatic heterocycles. The van der Waals surface area contributed by atoms with Crippen molar-refractivity contribution in [2.45, 2.75) is 72.1 Å². The predicted molar refractivity (Wildman–Crippen MR) is 76.3 cm³/mol. The summed E-state index contributed by atoms with van der Waals surface area (Å²) in [4.78, 5) is 0. The lowest BCUT2D eigenvalue weighted by atomic mass is 9.88. The van der Waals surface area contributed by atoms with Gasteiger partial charge in [-0.2, -0.15) is 0 Å². The van der Waals surface area contributed by atoms with Crippen LogP contribution in [0.2, 0.25) is 0 Å². The molecule has 0 fully saturated rings. The van der Waals surface area contributed by atoms with Crippen molar-refractivity contribution < 1.29 is 4.74 Å². The second kappa shape index (κ2) is 11.0. The molecular weight excluding hydrogens is 210 g/mol. The number of nitrogens with two attached hydrogens (primary N) is 1. The molecule has 0 amide bonds. The third kappa shape index (κ3) is 12.2. The van der Waals surface area contributed by atoms with Gasteiger partial charge in [0, 0.05) is 13.2 Å². The van der Waals surface area contributed by atoms with E-state index in [9.17, 15) is 0 Å². The Morgan fingerprint density at radius 1 is 0.882 bits per heavy atom. The lowest BCUT2D eigenvalue weighted by Crippen LogP contribution is -2.23. The monoisotopic (exact) mass is 243 g/mol. The number of hydrogen-bond acceptors (Lipinski definition) is 2. The molecule has 0 spiro atoms. The molecule has 0 saturated heterocycles. The van der Waals surface area contributed by atoms with Crippen LogP contribution in [0.1, 0.15) is 72.1 Å². The van der Waals surface area contributed by atoms with Gasteiger partial charge in [-0.3, -0.25) is 0 Å². The Balaban J connectivity index is 3.09. The fourth-order valence-electron chi connectivity index (χ4n) is 1.84. The quantitative estimate of drug-likeness (QED) is 0.523. The SMILES string of the molecule is CCCCCCCCOCCCC(C)(C)CN. The van der Waals surface area contributed by atoms with Crippen molar-refractivity contribution in [2.24, 2.45) is 11.1 Å². The molecule has 2 heteroatoms. The van der Waals surface area contributed by atoms with Gasteiger partial charge in [0.05, 0.1) is 0 Å². The first-order valence-corrected chi connectivity index (χ1v) is 7.40. The Bertz CT molecular complexity index is 157. The lowest BCUT2D eigenvalue weighted by molar-refractivity contribution is 0.118. The van der Waals surface area contributed by atoms with Crippen molar-refractivity contribution in [3.05, 3.63) is 0 Å². The summed E-state index contributed by atoms with van der Waals surface area (Å²) in [7, 11) is 0. The molecule has 0 unspecified atom stereocenters. The topological polar surface area (TPSA) is 35.2 Å². The van der Waals surface area contributed by atoms with Crippen LogP contribution in [-0.2, 0) is 4.74 Å². The van der Waals surface area contributed by atoms with E-state index in [2.05, 4.69) is 20.8 Å². The summed E-state index contributed by atoms with van der Waals surface area (Å²) in [5.41, 5.74) is 5.97. The van der Waals surface area contributed by atoms with Gasteiger partial charge in [-0.1, -0.05) is 52.9 Å². The van der Waals surface area contributed by atoms with Gasteiger partial charge < -0.3 is 10.5 Å². The molecule has 0 radical (unpaired) electrons. The molecule has 0 aliphatic rings. The summed E-state index contributed by atoms with van der Waals surface area (Å²) in [5.74, 6) is 0. The second-order valence-corrected chi connectivity index (χ2v) is 5.85. The van der Waals surface area contributed by atoms with E-state index in [1.807, 2.05) is 0 Å². The van der Waals surface area contributed by atoms with Crippen LogP contribution >= 0.6 is 0 Å². The number of ether oxygens (including phenoxy) is 1. The molecule has 0 bridgehead atoms. The first-order valence-electron chi connectivity index (χ1n) is 7.40. The van der Waals surface area contributed by atoms with Crippen LogP contribution < -0.4 is 5.73 Å². The van der Waals surface area contributed by atoms with E-state index in [1.165, 1.54) is 44.9 Å². The predicted octanol–water partition coefficient (Wildman–Crippen LogP) is 4.13. The molecule has 104 valence electrons. The first kappa shape index (κ1) is 16.9. The molecule has 0 aromatic carbocycles. The van der Waals surface area contributed by atoms with Crippen LogP contribution in [0, 0.1) is 5.41 Å². The zero-order valence-electron chi connectivity index (χ0n) is 12.3. The molecular formula is C15H33NO. The summed E-state index contributed by atoms with van der Waals surface area (Å²) in [6.07, 6.45) is 10.3. The average molecular weight is 243 g/mol. The van der Waals surface area contributed by atoms with Crippen LogP contribution in [0.5, 0.6) is 0 Å². The van der Waals surface area contributed by atoms with Gasteiger partial charge in [0.2, 0.25) is 0 Å². The molecule has 0 atom stereocenters. The fourth-order valence-corrected chi connectivity index (χ4v) is 1.84. The molecule has 0 saturated carbocycles. The van der Waals surface area contributed by atoms with Gasteiger partial charge in [-0.25, -0.2) is 0 Å². The van der Waals surface area contributed by atoms with Crippen LogP contribution in [0.4, 0.5) is 0 Å². The summed E-state index contributed by atoms with van der Waals surface area (Å²) < 4.78 is 5.64. The molecule has 0 aromatic rings. The van der Waals surface area contributed by atoms with Gasteiger partial charge in [0.25, 0.3) is 0 Å². The third-order valence-electron chi connectivity index (χ3n) is 3.34. The van der Waals surface area contributed by atoms with Gasteiger partial charge >= 0.3 is 0 Å². The van der Waals surface area contributed by atoms with Gasteiger partial charge in [0.15, 0.2) is 0 Å². The van der Waals surface area contributed by atoms with Crippen molar-refractivity contribution in [3.63, 3.8) is 0 Å². The minimum atomic E-state index is 0.281. The van der Waals surface area contributed by atoms with E-state index in [0.29, 0.717) is 0 Å². The molecule has 2 N–H and O–H groups in total. The lowest BCUT2D eigenvalue weighted by Gasteiger charge is -2.21. The molecule has 0 aliphatic carbocycles. The maximum atomic E-state index is 5.69. The highest BCUT2D eigenvalue weighted by molar-refractivity contribution is 4.68. The van der Waals surface area contributed by atoms with E-state index in [4.69, 9.17) is 10.5 Å². The highest BCUT2D eigenvalue weighted by Gasteiger charge is 2.14. The summed E-state index contributed by atoms with van der Waals surface area (Å²) >= 11 is 0. The highest BCUT2D eigenvalue weighted by atomic mass is 16.5. The van der Waals surface area contributed by atoms with Crippen LogP contribution in [0.15, 0.2) is 0 Å².